The van der Waals surface area contributed by atoms with Gasteiger partial charge in [-0.15, -0.1) is 0 Å². The van der Waals surface area contributed by atoms with Crippen LogP contribution in [0.3, 0.4) is 0 Å². The average molecular weight is 519 g/mol. The van der Waals surface area contributed by atoms with Crippen LogP contribution in [0.4, 0.5) is 0 Å². The highest BCUT2D eigenvalue weighted by molar-refractivity contribution is 5.86. The number of nitrogens with one attached hydrogen (secondary N) is 1. The summed E-state index contributed by atoms with van der Waals surface area (Å²) >= 11 is 0. The summed E-state index contributed by atoms with van der Waals surface area (Å²) in [5.74, 6) is -1.48. The van der Waals surface area contributed by atoms with Gasteiger partial charge in [-0.1, -0.05) is 72.8 Å². The lowest BCUT2D eigenvalue weighted by atomic mass is 9.94. The molecule has 38 heavy (non-hydrogen) atoms. The number of carbonyl (C=O) groups is 3. The first-order valence-corrected chi connectivity index (χ1v) is 13.6. The Morgan fingerprint density at radius 1 is 0.921 bits per heavy atom. The average Bonchev–Trinajstić information content (AvgIpc) is 3.42. The maximum Gasteiger partial charge on any atom is 0.309 e. The van der Waals surface area contributed by atoms with Crippen LogP contribution in [0.5, 0.6) is 0 Å². The normalized spacial score (nSPS) is 24.7. The van der Waals surface area contributed by atoms with Crippen molar-refractivity contribution in [1.82, 2.24) is 10.2 Å². The zero-order chi connectivity index (χ0) is 26.7. The fourth-order valence-corrected chi connectivity index (χ4v) is 5.32. The fraction of sp³-hybridized carbons (Fsp3) is 0.452. The van der Waals surface area contributed by atoms with E-state index in [1.807, 2.05) is 72.8 Å². The second kappa shape index (κ2) is 13.9. The number of likely N-dealkylation sites (tertiary alicyclic amines) is 1. The number of hydrogen-bond donors (Lipinski definition) is 2. The largest absolute Gasteiger partial charge is 0.463 e. The Labute approximate surface area is 224 Å². The molecule has 0 bridgehead atoms. The molecule has 0 saturated carbocycles. The molecule has 2 amide bonds. The molecule has 2 aromatic carbocycles. The van der Waals surface area contributed by atoms with Crippen molar-refractivity contribution in [3.05, 3.63) is 83.9 Å². The minimum atomic E-state index is -0.542. The molecule has 2 aliphatic heterocycles. The summed E-state index contributed by atoms with van der Waals surface area (Å²) in [6.07, 6.45) is 7.54. The maximum atomic E-state index is 13.4. The van der Waals surface area contributed by atoms with Crippen molar-refractivity contribution in [3.63, 3.8) is 0 Å². The van der Waals surface area contributed by atoms with Gasteiger partial charge in [0.15, 0.2) is 0 Å². The van der Waals surface area contributed by atoms with E-state index in [9.17, 15) is 19.5 Å². The van der Waals surface area contributed by atoms with Crippen LogP contribution in [0.2, 0.25) is 0 Å². The van der Waals surface area contributed by atoms with E-state index in [2.05, 4.69) is 5.32 Å². The predicted molar refractivity (Wildman–Crippen MR) is 145 cm³/mol. The van der Waals surface area contributed by atoms with Crippen LogP contribution >= 0.6 is 0 Å². The van der Waals surface area contributed by atoms with Crippen molar-refractivity contribution < 1.29 is 24.2 Å². The first-order chi connectivity index (χ1) is 18.5. The van der Waals surface area contributed by atoms with Gasteiger partial charge in [0.1, 0.15) is 6.61 Å². The molecular weight excluding hydrogens is 480 g/mol. The molecule has 0 unspecified atom stereocenters. The molecule has 4 rings (SSSR count). The summed E-state index contributed by atoms with van der Waals surface area (Å²) in [5, 5.41) is 12.7. The number of ether oxygens (including phenoxy) is 1. The summed E-state index contributed by atoms with van der Waals surface area (Å²) in [5.41, 5.74) is 2.09. The van der Waals surface area contributed by atoms with Gasteiger partial charge in [0.05, 0.1) is 30.5 Å². The number of aliphatic hydroxyl groups excluding tert-OH is 1. The molecule has 0 radical (unpaired) electrons. The highest BCUT2D eigenvalue weighted by Crippen LogP contribution is 2.22. The van der Waals surface area contributed by atoms with Crippen LogP contribution < -0.4 is 5.32 Å². The molecule has 4 atom stereocenters. The predicted octanol–water partition coefficient (Wildman–Crippen LogP) is 3.46. The van der Waals surface area contributed by atoms with Gasteiger partial charge in [0.25, 0.3) is 0 Å². The minimum absolute atomic E-state index is 0.0597. The summed E-state index contributed by atoms with van der Waals surface area (Å²) < 4.78 is 5.77. The number of hydrogen-bond acceptors (Lipinski definition) is 5. The van der Waals surface area contributed by atoms with E-state index in [1.54, 1.807) is 4.90 Å². The number of amides is 2. The molecule has 2 aliphatic rings. The van der Waals surface area contributed by atoms with E-state index < -0.39 is 12.0 Å². The fourth-order valence-electron chi connectivity index (χ4n) is 5.32. The van der Waals surface area contributed by atoms with E-state index in [0.717, 1.165) is 24.0 Å². The minimum Gasteiger partial charge on any atom is -0.463 e. The van der Waals surface area contributed by atoms with Crippen molar-refractivity contribution in [2.45, 2.75) is 57.0 Å². The molecule has 0 aliphatic carbocycles. The highest BCUT2D eigenvalue weighted by Gasteiger charge is 2.32. The number of esters is 1. The van der Waals surface area contributed by atoms with Gasteiger partial charge in [0, 0.05) is 13.0 Å². The Bertz CT molecular complexity index is 1090. The van der Waals surface area contributed by atoms with Gasteiger partial charge in [-0.05, 0) is 49.7 Å². The first-order valence-electron chi connectivity index (χ1n) is 13.6. The lowest BCUT2D eigenvalue weighted by Crippen LogP contribution is -2.45. The second-order valence-electron chi connectivity index (χ2n) is 10.3. The van der Waals surface area contributed by atoms with Crippen molar-refractivity contribution in [3.8, 4) is 0 Å². The smallest absolute Gasteiger partial charge is 0.309 e. The topological polar surface area (TPSA) is 95.9 Å². The van der Waals surface area contributed by atoms with Crippen LogP contribution in [-0.4, -0.2) is 59.6 Å². The number of rotatable bonds is 7. The molecule has 2 N–H and O–H groups in total. The van der Waals surface area contributed by atoms with Gasteiger partial charge >= 0.3 is 5.97 Å². The third kappa shape index (κ3) is 7.78. The van der Waals surface area contributed by atoms with Crippen LogP contribution in [0.1, 0.15) is 43.2 Å². The van der Waals surface area contributed by atoms with Crippen molar-refractivity contribution in [2.75, 3.05) is 19.8 Å². The van der Waals surface area contributed by atoms with Gasteiger partial charge in [0.2, 0.25) is 11.8 Å². The molecular formula is C31H38N2O5. The highest BCUT2D eigenvalue weighted by atomic mass is 16.5. The van der Waals surface area contributed by atoms with Crippen molar-refractivity contribution >= 4 is 17.8 Å². The van der Waals surface area contributed by atoms with E-state index in [0.29, 0.717) is 32.2 Å². The summed E-state index contributed by atoms with van der Waals surface area (Å²) in [6.45, 7) is 0.617. The van der Waals surface area contributed by atoms with Crippen molar-refractivity contribution in [1.29, 1.82) is 0 Å². The number of aliphatic hydroxyl groups is 1. The van der Waals surface area contributed by atoms with E-state index in [4.69, 9.17) is 4.74 Å². The van der Waals surface area contributed by atoms with Crippen LogP contribution in [-0.2, 0) is 32.0 Å². The second-order valence-corrected chi connectivity index (χ2v) is 10.3. The zero-order valence-corrected chi connectivity index (χ0v) is 21.8. The summed E-state index contributed by atoms with van der Waals surface area (Å²) in [4.78, 5) is 41.3. The Kier molecular flexibility index (Phi) is 10.1. The maximum absolute atomic E-state index is 13.4. The standard InChI is InChI=1S/C31H38N2O5/c34-21-28-16-9-17-33(28)29(35)20-25-14-7-8-15-26(18-23-10-3-1-4-11-23)31(37)38-22-27(32-30(25)36)19-24-12-5-2-6-13-24/h1-8,10-13,25-28,34H,9,14-22H2,(H,32,36)/t25-,26+,27+,28+/m1/s1. The molecule has 1 fully saturated rings. The van der Waals surface area contributed by atoms with E-state index in [-0.39, 0.29) is 49.4 Å². The summed E-state index contributed by atoms with van der Waals surface area (Å²) in [6, 6.07) is 19.1. The third-order valence-corrected chi connectivity index (χ3v) is 7.46. The quantitative estimate of drug-likeness (QED) is 0.432. The lowest BCUT2D eigenvalue weighted by molar-refractivity contribution is -0.150. The van der Waals surface area contributed by atoms with E-state index >= 15 is 0 Å². The monoisotopic (exact) mass is 518 g/mol. The molecule has 2 aromatic rings. The Hall–Kier alpha value is -3.45. The number of cyclic esters (lactones) is 1. The van der Waals surface area contributed by atoms with Gasteiger partial charge in [-0.25, -0.2) is 0 Å². The molecule has 7 heteroatoms. The SMILES string of the molecule is O=C1N[C@@H](Cc2ccccc2)COC(=O)[C@H](Cc2ccccc2)CC=CC[C@@H]1CC(=O)N1CCC[C@H]1CO. The molecule has 0 aromatic heterocycles. The summed E-state index contributed by atoms with van der Waals surface area (Å²) in [7, 11) is 0. The molecule has 2 heterocycles. The zero-order valence-electron chi connectivity index (χ0n) is 21.8. The number of allylic oxidation sites excluding steroid dienone is 2. The Morgan fingerprint density at radius 3 is 2.21 bits per heavy atom. The molecule has 0 spiro atoms. The van der Waals surface area contributed by atoms with E-state index in [1.165, 1.54) is 0 Å². The lowest BCUT2D eigenvalue weighted by Gasteiger charge is -2.27. The first kappa shape index (κ1) is 27.6. The van der Waals surface area contributed by atoms with Gasteiger partial charge < -0.3 is 20.1 Å². The number of carbonyl (C=O) groups excluding carboxylic acids is 3. The van der Waals surface area contributed by atoms with Crippen molar-refractivity contribution in [2.24, 2.45) is 11.8 Å². The Balaban J connectivity index is 1.52. The molecule has 7 nitrogen and oxygen atoms in total. The van der Waals surface area contributed by atoms with Gasteiger partial charge in [-0.2, -0.15) is 0 Å². The number of nitrogens with zero attached hydrogens (tertiary/aromatic N) is 1. The van der Waals surface area contributed by atoms with Crippen LogP contribution in [0, 0.1) is 11.8 Å². The molecule has 1 saturated heterocycles. The Morgan fingerprint density at radius 2 is 1.55 bits per heavy atom. The van der Waals surface area contributed by atoms with Gasteiger partial charge in [-0.3, -0.25) is 14.4 Å². The molecule has 202 valence electrons. The third-order valence-electron chi connectivity index (χ3n) is 7.46. The van der Waals surface area contributed by atoms with Crippen LogP contribution in [0.25, 0.3) is 0 Å². The van der Waals surface area contributed by atoms with Crippen LogP contribution in [0.15, 0.2) is 72.8 Å². The number of benzene rings is 2.